The fourth-order valence-corrected chi connectivity index (χ4v) is 4.85. The van der Waals surface area contributed by atoms with Crippen LogP contribution < -0.4 is 14.8 Å². The highest BCUT2D eigenvalue weighted by Gasteiger charge is 2.37. The summed E-state index contributed by atoms with van der Waals surface area (Å²) in [4.78, 5) is 38.3. The molecule has 160 valence electrons. The zero-order valence-corrected chi connectivity index (χ0v) is 17.4. The number of fused-ring (bicyclic) bond motifs is 2. The van der Waals surface area contributed by atoms with Gasteiger partial charge in [-0.2, -0.15) is 0 Å². The Labute approximate surface area is 180 Å². The zero-order valence-electron chi connectivity index (χ0n) is 17.4. The number of nitrogens with zero attached hydrogens (tertiary/aromatic N) is 1. The first-order chi connectivity index (χ1) is 15.0. The lowest BCUT2D eigenvalue weighted by Gasteiger charge is -2.31. The number of benzene rings is 2. The molecule has 0 atom stereocenters. The van der Waals surface area contributed by atoms with E-state index in [2.05, 4.69) is 11.4 Å². The number of hydrogen-bond donors (Lipinski definition) is 1. The van der Waals surface area contributed by atoms with Crippen LogP contribution in [0.3, 0.4) is 0 Å². The quantitative estimate of drug-likeness (QED) is 0.769. The molecule has 1 aliphatic carbocycles. The number of ether oxygens (including phenoxy) is 2. The molecule has 0 saturated heterocycles. The number of carbonyl (C=O) groups excluding carboxylic acids is 3. The summed E-state index contributed by atoms with van der Waals surface area (Å²) in [5.74, 6) is 0.553. The number of imide groups is 1. The van der Waals surface area contributed by atoms with Gasteiger partial charge in [0.15, 0.2) is 11.5 Å². The van der Waals surface area contributed by atoms with Crippen LogP contribution in [0.4, 0.5) is 0 Å². The summed E-state index contributed by atoms with van der Waals surface area (Å²) in [6.07, 6.45) is 4.17. The molecular weight excluding hydrogens is 396 g/mol. The van der Waals surface area contributed by atoms with E-state index < -0.39 is 0 Å². The first-order valence-electron chi connectivity index (χ1n) is 10.6. The maximum Gasteiger partial charge on any atom is 0.261 e. The van der Waals surface area contributed by atoms with Gasteiger partial charge >= 0.3 is 0 Å². The number of amides is 3. The monoisotopic (exact) mass is 420 g/mol. The third-order valence-corrected chi connectivity index (χ3v) is 6.65. The third-order valence-electron chi connectivity index (χ3n) is 6.65. The molecule has 7 heteroatoms. The van der Waals surface area contributed by atoms with Gasteiger partial charge in [0.2, 0.25) is 0 Å². The Morgan fingerprint density at radius 3 is 2.45 bits per heavy atom. The van der Waals surface area contributed by atoms with Crippen LogP contribution >= 0.6 is 0 Å². The van der Waals surface area contributed by atoms with Crippen molar-refractivity contribution < 1.29 is 23.9 Å². The molecule has 0 radical (unpaired) electrons. The minimum absolute atomic E-state index is 0.159. The van der Waals surface area contributed by atoms with Crippen molar-refractivity contribution in [3.05, 3.63) is 58.7 Å². The molecule has 3 aliphatic rings. The second-order valence-corrected chi connectivity index (χ2v) is 8.46. The fourth-order valence-electron chi connectivity index (χ4n) is 4.85. The summed E-state index contributed by atoms with van der Waals surface area (Å²) in [6.45, 7) is 1.59. The average Bonchev–Trinajstić information content (AvgIpc) is 3.37. The molecule has 0 aromatic heterocycles. The Kier molecular flexibility index (Phi) is 4.68. The number of nitrogens with one attached hydrogen (secondary N) is 1. The summed E-state index contributed by atoms with van der Waals surface area (Å²) in [5, 5.41) is 3.07. The van der Waals surface area contributed by atoms with Crippen LogP contribution in [0.15, 0.2) is 36.4 Å². The van der Waals surface area contributed by atoms with Crippen molar-refractivity contribution in [2.75, 3.05) is 26.8 Å². The van der Waals surface area contributed by atoms with Gasteiger partial charge in [0.25, 0.3) is 17.7 Å². The molecule has 1 fully saturated rings. The molecule has 1 saturated carbocycles. The van der Waals surface area contributed by atoms with Crippen molar-refractivity contribution in [1.29, 1.82) is 0 Å². The fraction of sp³-hybridized carbons (Fsp3) is 0.375. The lowest BCUT2D eigenvalue weighted by Crippen LogP contribution is -2.39. The van der Waals surface area contributed by atoms with Crippen LogP contribution in [-0.2, 0) is 5.41 Å². The normalized spacial score (nSPS) is 18.8. The van der Waals surface area contributed by atoms with Crippen molar-refractivity contribution in [3.63, 3.8) is 0 Å². The topological polar surface area (TPSA) is 84.9 Å². The summed E-state index contributed by atoms with van der Waals surface area (Å²) >= 11 is 0. The highest BCUT2D eigenvalue weighted by molar-refractivity contribution is 6.21. The molecule has 2 aliphatic heterocycles. The Morgan fingerprint density at radius 1 is 0.968 bits per heavy atom. The largest absolute Gasteiger partial charge is 0.486 e. The summed E-state index contributed by atoms with van der Waals surface area (Å²) in [5.41, 5.74) is 1.99. The molecular formula is C24H24N2O5. The Morgan fingerprint density at radius 2 is 1.68 bits per heavy atom. The zero-order chi connectivity index (χ0) is 21.6. The predicted molar refractivity (Wildman–Crippen MR) is 113 cm³/mol. The van der Waals surface area contributed by atoms with Crippen LogP contribution in [0.1, 0.15) is 62.3 Å². The SMILES string of the molecule is CN1C(=O)c2ccc(C(=O)NCC3(c4ccc5c(c4)OCCO5)CCCC3)cc2C1=O. The lowest BCUT2D eigenvalue weighted by molar-refractivity contribution is 0.0693. The molecule has 7 nitrogen and oxygen atoms in total. The highest BCUT2D eigenvalue weighted by Crippen LogP contribution is 2.44. The maximum absolute atomic E-state index is 12.9. The van der Waals surface area contributed by atoms with Crippen molar-refractivity contribution in [2.24, 2.45) is 0 Å². The van der Waals surface area contributed by atoms with Crippen molar-refractivity contribution in [3.8, 4) is 11.5 Å². The lowest BCUT2D eigenvalue weighted by atomic mass is 9.78. The second kappa shape index (κ2) is 7.41. The van der Waals surface area contributed by atoms with Gasteiger partial charge in [-0.3, -0.25) is 19.3 Å². The minimum Gasteiger partial charge on any atom is -0.486 e. The maximum atomic E-state index is 12.9. The second-order valence-electron chi connectivity index (χ2n) is 8.46. The summed E-state index contributed by atoms with van der Waals surface area (Å²) in [7, 11) is 1.45. The van der Waals surface area contributed by atoms with E-state index in [1.165, 1.54) is 13.1 Å². The first-order valence-corrected chi connectivity index (χ1v) is 10.6. The van der Waals surface area contributed by atoms with Gasteiger partial charge in [-0.15, -0.1) is 0 Å². The molecule has 2 aromatic carbocycles. The highest BCUT2D eigenvalue weighted by atomic mass is 16.6. The Bertz CT molecular complexity index is 1090. The van der Waals surface area contributed by atoms with Gasteiger partial charge in [0.1, 0.15) is 13.2 Å². The summed E-state index contributed by atoms with van der Waals surface area (Å²) < 4.78 is 11.4. The molecule has 2 heterocycles. The van der Waals surface area contributed by atoms with Crippen molar-refractivity contribution >= 4 is 17.7 Å². The standard InChI is InChI=1S/C24H24N2O5/c1-26-22(28)17-6-4-15(12-18(17)23(26)29)21(27)25-14-24(8-2-3-9-24)16-5-7-19-20(13-16)31-11-10-30-19/h4-7,12-13H,2-3,8-11,14H2,1H3,(H,25,27). The van der Waals surface area contributed by atoms with E-state index >= 15 is 0 Å². The van der Waals surface area contributed by atoms with E-state index in [0.29, 0.717) is 30.9 Å². The molecule has 31 heavy (non-hydrogen) atoms. The first kappa shape index (κ1) is 19.6. The number of carbonyl (C=O) groups is 3. The molecule has 5 rings (SSSR count). The van der Waals surface area contributed by atoms with Crippen LogP contribution in [0.25, 0.3) is 0 Å². The molecule has 2 aromatic rings. The summed E-state index contributed by atoms with van der Waals surface area (Å²) in [6, 6.07) is 10.7. The van der Waals surface area contributed by atoms with E-state index in [-0.39, 0.29) is 28.7 Å². The van der Waals surface area contributed by atoms with Crippen LogP contribution in [0.5, 0.6) is 11.5 Å². The smallest absolute Gasteiger partial charge is 0.261 e. The van der Waals surface area contributed by atoms with Crippen LogP contribution in [-0.4, -0.2) is 49.4 Å². The van der Waals surface area contributed by atoms with Gasteiger partial charge in [-0.25, -0.2) is 0 Å². The van der Waals surface area contributed by atoms with Crippen LogP contribution in [0, 0.1) is 0 Å². The molecule has 0 spiro atoms. The van der Waals surface area contributed by atoms with E-state index in [9.17, 15) is 14.4 Å². The molecule has 0 unspecified atom stereocenters. The average molecular weight is 420 g/mol. The van der Waals surface area contributed by atoms with Gasteiger partial charge in [-0.1, -0.05) is 18.9 Å². The minimum atomic E-state index is -0.377. The van der Waals surface area contributed by atoms with E-state index in [0.717, 1.165) is 47.6 Å². The van der Waals surface area contributed by atoms with Crippen molar-refractivity contribution in [2.45, 2.75) is 31.1 Å². The van der Waals surface area contributed by atoms with Crippen LogP contribution in [0.2, 0.25) is 0 Å². The van der Waals surface area contributed by atoms with E-state index in [4.69, 9.17) is 9.47 Å². The number of hydrogen-bond acceptors (Lipinski definition) is 5. The molecule has 1 N–H and O–H groups in total. The van der Waals surface area contributed by atoms with Gasteiger partial charge in [0.05, 0.1) is 11.1 Å². The molecule has 0 bridgehead atoms. The third kappa shape index (κ3) is 3.24. The van der Waals surface area contributed by atoms with E-state index in [1.54, 1.807) is 12.1 Å². The number of rotatable bonds is 4. The molecule has 3 amide bonds. The van der Waals surface area contributed by atoms with Gasteiger partial charge < -0.3 is 14.8 Å². The predicted octanol–water partition coefficient (Wildman–Crippen LogP) is 2.93. The Hall–Kier alpha value is -3.35. The van der Waals surface area contributed by atoms with Crippen molar-refractivity contribution in [1.82, 2.24) is 10.2 Å². The van der Waals surface area contributed by atoms with Gasteiger partial charge in [0, 0.05) is 24.6 Å². The Balaban J connectivity index is 1.36. The van der Waals surface area contributed by atoms with E-state index in [1.807, 2.05) is 12.1 Å². The van der Waals surface area contributed by atoms with Gasteiger partial charge in [-0.05, 0) is 48.7 Å².